The number of rotatable bonds is 3. The number of hydrogen-bond donors (Lipinski definition) is 2. The van der Waals surface area contributed by atoms with E-state index in [0.29, 0.717) is 29.9 Å². The fourth-order valence-electron chi connectivity index (χ4n) is 2.33. The number of nitrogens with one attached hydrogen (secondary N) is 1. The number of carboxylic acid groups (broad SMARTS) is 1. The second-order valence-electron chi connectivity index (χ2n) is 5.23. The molecule has 0 amide bonds. The number of aromatic nitrogens is 1. The summed E-state index contributed by atoms with van der Waals surface area (Å²) in [7, 11) is -3.82. The fourth-order valence-corrected chi connectivity index (χ4v) is 5.36. The molecule has 1 saturated heterocycles. The first-order chi connectivity index (χ1) is 9.17. The molecule has 0 aromatic carbocycles. The lowest BCUT2D eigenvalue weighted by atomic mass is 9.83. The molecule has 2 rings (SSSR count). The monoisotopic (exact) mass is 320 g/mol. The molecule has 1 aliphatic heterocycles. The number of nitrogens with zero attached hydrogens (tertiary/aromatic N) is 1. The van der Waals surface area contributed by atoms with Gasteiger partial charge in [-0.25, -0.2) is 8.42 Å². The predicted octanol–water partition coefficient (Wildman–Crippen LogP) is 0.620. The van der Waals surface area contributed by atoms with Gasteiger partial charge >= 0.3 is 10.8 Å². The first-order valence-electron chi connectivity index (χ1n) is 6.10. The molecule has 1 atom stereocenters. The first kappa shape index (κ1) is 15.2. The van der Waals surface area contributed by atoms with Crippen LogP contribution in [0.1, 0.15) is 25.5 Å². The van der Waals surface area contributed by atoms with Gasteiger partial charge in [0.15, 0.2) is 4.21 Å². The van der Waals surface area contributed by atoms with Gasteiger partial charge in [-0.3, -0.25) is 9.59 Å². The smallest absolute Gasteiger partial charge is 0.310 e. The van der Waals surface area contributed by atoms with Crippen LogP contribution >= 0.6 is 11.3 Å². The normalized spacial score (nSPS) is 24.7. The Hall–Kier alpha value is -1.19. The van der Waals surface area contributed by atoms with Gasteiger partial charge in [-0.2, -0.15) is 4.31 Å². The summed E-state index contributed by atoms with van der Waals surface area (Å²) in [6.07, 6.45) is 0.928. The van der Waals surface area contributed by atoms with Crippen molar-refractivity contribution in [2.75, 3.05) is 13.1 Å². The molecule has 9 heteroatoms. The molecule has 112 valence electrons. The van der Waals surface area contributed by atoms with Crippen LogP contribution in [0.2, 0.25) is 0 Å². The number of hydrogen-bond acceptors (Lipinski definition) is 5. The van der Waals surface area contributed by atoms with E-state index in [1.807, 2.05) is 0 Å². The maximum absolute atomic E-state index is 12.5. The predicted molar refractivity (Wildman–Crippen MR) is 73.4 cm³/mol. The van der Waals surface area contributed by atoms with Gasteiger partial charge in [0.2, 0.25) is 0 Å². The minimum absolute atomic E-state index is 0.0304. The number of aromatic amines is 1. The van der Waals surface area contributed by atoms with E-state index in [2.05, 4.69) is 4.98 Å². The second-order valence-corrected chi connectivity index (χ2v) is 8.35. The number of H-pyrrole nitrogens is 1. The Kier molecular flexibility index (Phi) is 3.78. The van der Waals surface area contributed by atoms with Gasteiger partial charge in [0.25, 0.3) is 10.0 Å². The number of carbonyl (C=O) groups is 1. The van der Waals surface area contributed by atoms with Crippen LogP contribution in [0.25, 0.3) is 0 Å². The topological polar surface area (TPSA) is 108 Å². The zero-order valence-electron chi connectivity index (χ0n) is 11.2. The van der Waals surface area contributed by atoms with Gasteiger partial charge in [0, 0.05) is 18.8 Å². The number of aliphatic carboxylic acids is 1. The van der Waals surface area contributed by atoms with Gasteiger partial charge < -0.3 is 10.1 Å². The van der Waals surface area contributed by atoms with Crippen LogP contribution in [0, 0.1) is 12.3 Å². The molecule has 1 aromatic heterocycles. The highest BCUT2D eigenvalue weighted by Crippen LogP contribution is 2.33. The van der Waals surface area contributed by atoms with Crippen molar-refractivity contribution in [2.24, 2.45) is 5.41 Å². The average Bonchev–Trinajstić information content (AvgIpc) is 2.69. The van der Waals surface area contributed by atoms with E-state index < -0.39 is 26.3 Å². The summed E-state index contributed by atoms with van der Waals surface area (Å²) in [6.45, 7) is 3.27. The zero-order chi connectivity index (χ0) is 15.1. The van der Waals surface area contributed by atoms with Crippen LogP contribution in [0.4, 0.5) is 0 Å². The van der Waals surface area contributed by atoms with Gasteiger partial charge in [0.05, 0.1) is 5.41 Å². The fraction of sp³-hybridized carbons (Fsp3) is 0.636. The lowest BCUT2D eigenvalue weighted by Gasteiger charge is -2.36. The molecule has 2 heterocycles. The molecule has 0 bridgehead atoms. The van der Waals surface area contributed by atoms with E-state index >= 15 is 0 Å². The SMILES string of the molecule is Cc1[nH]c(=O)sc1S(=O)(=O)N1CCCC(C)(C(=O)O)C1. The summed E-state index contributed by atoms with van der Waals surface area (Å²) in [5, 5.41) is 9.24. The zero-order valence-corrected chi connectivity index (χ0v) is 12.8. The largest absolute Gasteiger partial charge is 0.481 e. The van der Waals surface area contributed by atoms with Crippen LogP contribution in [0.15, 0.2) is 9.00 Å². The summed E-state index contributed by atoms with van der Waals surface area (Å²) < 4.78 is 26.2. The number of piperidine rings is 1. The van der Waals surface area contributed by atoms with Crippen LogP contribution in [0.5, 0.6) is 0 Å². The summed E-state index contributed by atoms with van der Waals surface area (Å²) in [6, 6.07) is 0. The van der Waals surface area contributed by atoms with Crippen LogP contribution in [-0.2, 0) is 14.8 Å². The molecule has 20 heavy (non-hydrogen) atoms. The lowest BCUT2D eigenvalue weighted by molar-refractivity contribution is -0.150. The van der Waals surface area contributed by atoms with E-state index in [0.717, 1.165) is 4.31 Å². The quantitative estimate of drug-likeness (QED) is 0.849. The Bertz CT molecular complexity index is 690. The number of aryl methyl sites for hydroxylation is 1. The summed E-state index contributed by atoms with van der Waals surface area (Å²) >= 11 is 0.635. The maximum Gasteiger partial charge on any atom is 0.310 e. The molecule has 2 N–H and O–H groups in total. The molecule has 1 fully saturated rings. The minimum Gasteiger partial charge on any atom is -0.481 e. The second kappa shape index (κ2) is 4.97. The molecule has 1 unspecified atom stereocenters. The minimum atomic E-state index is -3.82. The van der Waals surface area contributed by atoms with Crippen molar-refractivity contribution in [3.63, 3.8) is 0 Å². The Balaban J connectivity index is 2.38. The van der Waals surface area contributed by atoms with Crippen molar-refractivity contribution in [3.8, 4) is 0 Å². The highest BCUT2D eigenvalue weighted by molar-refractivity contribution is 7.91. The van der Waals surface area contributed by atoms with Gasteiger partial charge in [-0.05, 0) is 26.7 Å². The molecule has 1 aliphatic rings. The maximum atomic E-state index is 12.5. The summed E-state index contributed by atoms with van der Waals surface area (Å²) in [5.74, 6) is -1.00. The van der Waals surface area contributed by atoms with Gasteiger partial charge in [-0.15, -0.1) is 0 Å². The van der Waals surface area contributed by atoms with E-state index in [-0.39, 0.29) is 17.3 Å². The molecule has 0 radical (unpaired) electrons. The van der Waals surface area contributed by atoms with E-state index in [4.69, 9.17) is 0 Å². The Morgan fingerprint density at radius 1 is 1.50 bits per heavy atom. The van der Waals surface area contributed by atoms with E-state index in [1.54, 1.807) is 6.92 Å². The van der Waals surface area contributed by atoms with Crippen LogP contribution in [-0.4, -0.2) is 41.9 Å². The summed E-state index contributed by atoms with van der Waals surface area (Å²) in [4.78, 5) is 24.5. The van der Waals surface area contributed by atoms with Crippen molar-refractivity contribution in [1.29, 1.82) is 0 Å². The van der Waals surface area contributed by atoms with Crippen molar-refractivity contribution in [3.05, 3.63) is 15.4 Å². The third-order valence-corrected chi connectivity index (χ3v) is 6.96. The van der Waals surface area contributed by atoms with Crippen molar-refractivity contribution >= 4 is 27.3 Å². The first-order valence-corrected chi connectivity index (χ1v) is 8.36. The molecule has 0 aliphatic carbocycles. The van der Waals surface area contributed by atoms with Gasteiger partial charge in [-0.1, -0.05) is 11.3 Å². The average molecular weight is 320 g/mol. The van der Waals surface area contributed by atoms with E-state index in [1.165, 1.54) is 6.92 Å². The van der Waals surface area contributed by atoms with Crippen LogP contribution < -0.4 is 4.87 Å². The Labute approximate surface area is 120 Å². The van der Waals surface area contributed by atoms with E-state index in [9.17, 15) is 23.1 Å². The van der Waals surface area contributed by atoms with Gasteiger partial charge in [0.1, 0.15) is 0 Å². The molecule has 1 aromatic rings. The Morgan fingerprint density at radius 2 is 2.15 bits per heavy atom. The number of carboxylic acids is 1. The molecular formula is C11H16N2O5S2. The lowest BCUT2D eigenvalue weighted by Crippen LogP contribution is -2.48. The molecular weight excluding hydrogens is 304 g/mol. The molecule has 0 saturated carbocycles. The third kappa shape index (κ3) is 2.52. The standard InChI is InChI=1S/C11H16N2O5S2/c1-7-8(19-10(16)12-7)20(17,18)13-5-3-4-11(2,6-13)9(14)15/h3-6H2,1-2H3,(H,12,16)(H,14,15). The molecule has 0 spiro atoms. The third-order valence-electron chi connectivity index (χ3n) is 3.53. The van der Waals surface area contributed by atoms with Crippen molar-refractivity contribution < 1.29 is 18.3 Å². The number of thiazole rings is 1. The Morgan fingerprint density at radius 3 is 2.65 bits per heavy atom. The highest BCUT2D eigenvalue weighted by atomic mass is 32.2. The molecule has 7 nitrogen and oxygen atoms in total. The summed E-state index contributed by atoms with van der Waals surface area (Å²) in [5.41, 5.74) is -0.789. The number of sulfonamides is 1. The van der Waals surface area contributed by atoms with Crippen molar-refractivity contribution in [1.82, 2.24) is 9.29 Å². The van der Waals surface area contributed by atoms with Crippen molar-refractivity contribution in [2.45, 2.75) is 30.9 Å². The highest BCUT2D eigenvalue weighted by Gasteiger charge is 2.42. The van der Waals surface area contributed by atoms with Crippen LogP contribution in [0.3, 0.4) is 0 Å².